The van der Waals surface area contributed by atoms with E-state index in [0.717, 1.165) is 5.76 Å². The number of aryl methyl sites for hydroxylation is 1. The Labute approximate surface area is 109 Å². The lowest BCUT2D eigenvalue weighted by atomic mass is 10.1. The Morgan fingerprint density at radius 3 is 2.89 bits per heavy atom. The first-order valence-electron chi connectivity index (χ1n) is 5.94. The van der Waals surface area contributed by atoms with Crippen molar-refractivity contribution >= 4 is 11.6 Å². The van der Waals surface area contributed by atoms with E-state index >= 15 is 0 Å². The number of fused-ring (bicyclic) bond motifs is 1. The van der Waals surface area contributed by atoms with Crippen LogP contribution in [0.1, 0.15) is 23.2 Å². The first kappa shape index (κ1) is 11.8. The highest BCUT2D eigenvalue weighted by molar-refractivity contribution is 5.95. The van der Waals surface area contributed by atoms with Gasteiger partial charge in [-0.1, -0.05) is 6.07 Å². The third kappa shape index (κ3) is 2.20. The molecule has 19 heavy (non-hydrogen) atoms. The van der Waals surface area contributed by atoms with Gasteiger partial charge in [0.25, 0.3) is 5.91 Å². The van der Waals surface area contributed by atoms with Crippen molar-refractivity contribution in [3.63, 3.8) is 0 Å². The summed E-state index contributed by atoms with van der Waals surface area (Å²) in [7, 11) is 0. The summed E-state index contributed by atoms with van der Waals surface area (Å²) < 4.78 is 10.7. The van der Waals surface area contributed by atoms with Crippen molar-refractivity contribution in [1.82, 2.24) is 0 Å². The molecule has 0 saturated heterocycles. The molecule has 5 nitrogen and oxygen atoms in total. The van der Waals surface area contributed by atoms with Crippen LogP contribution in [-0.4, -0.2) is 17.6 Å². The Morgan fingerprint density at radius 1 is 1.32 bits per heavy atom. The maximum atomic E-state index is 11.3. The van der Waals surface area contributed by atoms with Gasteiger partial charge >= 0.3 is 0 Å². The Bertz CT molecular complexity index is 632. The highest BCUT2D eigenvalue weighted by Crippen LogP contribution is 2.32. The predicted octanol–water partition coefficient (Wildman–Crippen LogP) is 2.00. The lowest BCUT2D eigenvalue weighted by Gasteiger charge is -2.19. The maximum absolute atomic E-state index is 11.3. The van der Waals surface area contributed by atoms with Gasteiger partial charge in [-0.25, -0.2) is 0 Å². The highest BCUT2D eigenvalue weighted by atomic mass is 16.5. The molecule has 2 aromatic rings. The fourth-order valence-electron chi connectivity index (χ4n) is 2.04. The minimum Gasteiger partial charge on any atom is -0.482 e. The van der Waals surface area contributed by atoms with Gasteiger partial charge in [-0.3, -0.25) is 4.79 Å². The number of aliphatic hydroxyl groups excluding tert-OH is 1. The second-order valence-corrected chi connectivity index (χ2v) is 4.44. The standard InChI is InChI=1S/C14H13NO4/c1-8-2-4-12(19-8)14(17)9-3-5-11-10(6-9)15-13(16)7-18-11/h2-6,14,17H,7H2,1H3,(H,15,16). The number of rotatable bonds is 2. The average molecular weight is 259 g/mol. The van der Waals surface area contributed by atoms with Gasteiger partial charge in [0.15, 0.2) is 6.61 Å². The summed E-state index contributed by atoms with van der Waals surface area (Å²) in [4.78, 5) is 11.3. The summed E-state index contributed by atoms with van der Waals surface area (Å²) in [5.41, 5.74) is 1.20. The van der Waals surface area contributed by atoms with E-state index in [-0.39, 0.29) is 12.5 Å². The largest absolute Gasteiger partial charge is 0.482 e. The molecular formula is C14H13NO4. The number of benzene rings is 1. The van der Waals surface area contributed by atoms with Crippen LogP contribution in [-0.2, 0) is 4.79 Å². The molecule has 1 aliphatic heterocycles. The van der Waals surface area contributed by atoms with Crippen LogP contribution in [0.5, 0.6) is 5.75 Å². The molecule has 1 aromatic carbocycles. The molecule has 2 heterocycles. The molecular weight excluding hydrogens is 246 g/mol. The van der Waals surface area contributed by atoms with Gasteiger partial charge < -0.3 is 19.6 Å². The van der Waals surface area contributed by atoms with Gasteiger partial charge in [0.05, 0.1) is 5.69 Å². The van der Waals surface area contributed by atoms with Crippen molar-refractivity contribution < 1.29 is 19.1 Å². The summed E-state index contributed by atoms with van der Waals surface area (Å²) >= 11 is 0. The monoisotopic (exact) mass is 259 g/mol. The summed E-state index contributed by atoms with van der Waals surface area (Å²) in [6.45, 7) is 1.84. The third-order valence-electron chi connectivity index (χ3n) is 2.98. The number of ether oxygens (including phenoxy) is 1. The quantitative estimate of drug-likeness (QED) is 0.865. The molecule has 2 N–H and O–H groups in total. The zero-order valence-electron chi connectivity index (χ0n) is 10.3. The van der Waals surface area contributed by atoms with Crippen molar-refractivity contribution in [3.05, 3.63) is 47.4 Å². The minimum absolute atomic E-state index is 0.0201. The van der Waals surface area contributed by atoms with Crippen LogP contribution >= 0.6 is 0 Å². The van der Waals surface area contributed by atoms with Crippen molar-refractivity contribution in [2.24, 2.45) is 0 Å². The Kier molecular flexibility index (Phi) is 2.76. The normalized spacial score (nSPS) is 15.4. The van der Waals surface area contributed by atoms with Crippen molar-refractivity contribution in [1.29, 1.82) is 0 Å². The first-order valence-corrected chi connectivity index (χ1v) is 5.94. The Hall–Kier alpha value is -2.27. The van der Waals surface area contributed by atoms with Crippen LogP contribution in [0, 0.1) is 6.92 Å². The van der Waals surface area contributed by atoms with Crippen LogP contribution in [0.2, 0.25) is 0 Å². The molecule has 0 bridgehead atoms. The van der Waals surface area contributed by atoms with Crippen LogP contribution in [0.15, 0.2) is 34.7 Å². The molecule has 1 aromatic heterocycles. The number of hydrogen-bond acceptors (Lipinski definition) is 4. The summed E-state index contributed by atoms with van der Waals surface area (Å²) in [6, 6.07) is 8.69. The lowest BCUT2D eigenvalue weighted by Crippen LogP contribution is -2.25. The average Bonchev–Trinajstić information content (AvgIpc) is 2.83. The zero-order chi connectivity index (χ0) is 13.4. The van der Waals surface area contributed by atoms with Gasteiger partial charge in [-0.05, 0) is 36.8 Å². The SMILES string of the molecule is Cc1ccc(C(O)c2ccc3c(c2)NC(=O)CO3)o1. The van der Waals surface area contributed by atoms with Gasteiger partial charge in [0.2, 0.25) is 0 Å². The van der Waals surface area contributed by atoms with Crippen molar-refractivity contribution in [2.45, 2.75) is 13.0 Å². The molecule has 1 atom stereocenters. The smallest absolute Gasteiger partial charge is 0.262 e. The maximum Gasteiger partial charge on any atom is 0.262 e. The van der Waals surface area contributed by atoms with E-state index in [1.54, 1.807) is 30.3 Å². The number of anilines is 1. The van der Waals surface area contributed by atoms with Gasteiger partial charge in [-0.2, -0.15) is 0 Å². The molecule has 1 amide bonds. The fourth-order valence-corrected chi connectivity index (χ4v) is 2.04. The van der Waals surface area contributed by atoms with Crippen LogP contribution < -0.4 is 10.1 Å². The summed E-state index contributed by atoms with van der Waals surface area (Å²) in [5, 5.41) is 12.9. The molecule has 0 spiro atoms. The molecule has 5 heteroatoms. The molecule has 3 rings (SSSR count). The fraction of sp³-hybridized carbons (Fsp3) is 0.214. The number of amides is 1. The van der Waals surface area contributed by atoms with Gasteiger partial charge in [0, 0.05) is 0 Å². The van der Waals surface area contributed by atoms with E-state index < -0.39 is 6.10 Å². The molecule has 0 radical (unpaired) electrons. The summed E-state index contributed by atoms with van der Waals surface area (Å²) in [6.07, 6.45) is -0.863. The number of carbonyl (C=O) groups is 1. The van der Waals surface area contributed by atoms with Gasteiger partial charge in [-0.15, -0.1) is 0 Å². The van der Waals surface area contributed by atoms with Crippen LogP contribution in [0.3, 0.4) is 0 Å². The molecule has 0 fully saturated rings. The van der Waals surface area contributed by atoms with E-state index in [2.05, 4.69) is 5.32 Å². The number of hydrogen-bond donors (Lipinski definition) is 2. The molecule has 1 aliphatic rings. The van der Waals surface area contributed by atoms with Crippen molar-refractivity contribution in [3.8, 4) is 5.75 Å². The molecule has 0 aliphatic carbocycles. The number of aliphatic hydroxyl groups is 1. The van der Waals surface area contributed by atoms with E-state index in [4.69, 9.17) is 9.15 Å². The third-order valence-corrected chi connectivity index (χ3v) is 2.98. The predicted molar refractivity (Wildman–Crippen MR) is 68.1 cm³/mol. The number of carbonyl (C=O) groups excluding carboxylic acids is 1. The second-order valence-electron chi connectivity index (χ2n) is 4.44. The first-order chi connectivity index (χ1) is 9.13. The minimum atomic E-state index is -0.863. The van der Waals surface area contributed by atoms with E-state index in [9.17, 15) is 9.90 Å². The van der Waals surface area contributed by atoms with Crippen molar-refractivity contribution in [2.75, 3.05) is 11.9 Å². The second kappa shape index (κ2) is 4.44. The Morgan fingerprint density at radius 2 is 2.16 bits per heavy atom. The topological polar surface area (TPSA) is 71.7 Å². The van der Waals surface area contributed by atoms with E-state index in [0.29, 0.717) is 22.8 Å². The molecule has 1 unspecified atom stereocenters. The summed E-state index contributed by atoms with van der Waals surface area (Å²) in [5.74, 6) is 1.61. The lowest BCUT2D eigenvalue weighted by molar-refractivity contribution is -0.118. The van der Waals surface area contributed by atoms with E-state index in [1.165, 1.54) is 0 Å². The van der Waals surface area contributed by atoms with Crippen LogP contribution in [0.4, 0.5) is 5.69 Å². The van der Waals surface area contributed by atoms with Gasteiger partial charge in [0.1, 0.15) is 23.4 Å². The highest BCUT2D eigenvalue weighted by Gasteiger charge is 2.20. The molecule has 98 valence electrons. The Balaban J connectivity index is 1.93. The van der Waals surface area contributed by atoms with E-state index in [1.807, 2.05) is 6.92 Å². The van der Waals surface area contributed by atoms with Crippen LogP contribution in [0.25, 0.3) is 0 Å². The zero-order valence-corrected chi connectivity index (χ0v) is 10.3. The number of furan rings is 1. The molecule has 0 saturated carbocycles. The number of nitrogens with one attached hydrogen (secondary N) is 1.